The first-order valence-electron chi connectivity index (χ1n) is 16.4. The molecule has 242 valence electrons. The van der Waals surface area contributed by atoms with E-state index in [1.807, 2.05) is 6.92 Å². The largest absolute Gasteiger partial charge is 0.508 e. The maximum Gasteiger partial charge on any atom is 0.319 e. The Kier molecular flexibility index (Phi) is 6.33. The number of nitrogens with zero attached hydrogens (tertiary/aromatic N) is 5. The van der Waals surface area contributed by atoms with E-state index >= 15 is 8.78 Å². The number of hydrogen-bond acceptors (Lipinski definition) is 9. The van der Waals surface area contributed by atoms with Crippen molar-refractivity contribution >= 4 is 27.5 Å². The fourth-order valence-corrected chi connectivity index (χ4v) is 8.84. The smallest absolute Gasteiger partial charge is 0.319 e. The Bertz CT molecular complexity index is 2010. The summed E-state index contributed by atoms with van der Waals surface area (Å²) in [4.78, 5) is 19.0. The molecule has 0 aliphatic carbocycles. The molecule has 9 rings (SSSR count). The summed E-state index contributed by atoms with van der Waals surface area (Å²) in [6, 6.07) is 6.43. The minimum absolute atomic E-state index is 0.0171. The minimum Gasteiger partial charge on any atom is -0.508 e. The van der Waals surface area contributed by atoms with Gasteiger partial charge in [0.25, 0.3) is 0 Å². The van der Waals surface area contributed by atoms with E-state index in [0.717, 1.165) is 49.9 Å². The molecule has 0 spiro atoms. The van der Waals surface area contributed by atoms with E-state index in [2.05, 4.69) is 28.3 Å². The molecule has 2 aromatic carbocycles. The van der Waals surface area contributed by atoms with Crippen LogP contribution in [0.2, 0.25) is 0 Å². The van der Waals surface area contributed by atoms with Crippen LogP contribution in [-0.2, 0) is 6.42 Å². The number of hydrogen-bond donors (Lipinski definition) is 2. The van der Waals surface area contributed by atoms with E-state index < -0.39 is 11.6 Å². The molecule has 0 radical (unpaired) electrons. The molecular formula is C36H36F2N6O3. The van der Waals surface area contributed by atoms with Crippen molar-refractivity contribution in [3.05, 3.63) is 65.8 Å². The van der Waals surface area contributed by atoms with Crippen LogP contribution in [-0.4, -0.2) is 81.5 Å². The summed E-state index contributed by atoms with van der Waals surface area (Å²) in [5.41, 5.74) is 2.64. The number of fused-ring (bicyclic) bond motifs is 7. The molecule has 9 nitrogen and oxygen atoms in total. The number of nitrogens with one attached hydrogen (secondary N) is 1. The number of phenolic OH excluding ortho intramolecular Hbond substituents is 1. The van der Waals surface area contributed by atoms with Crippen molar-refractivity contribution in [3.63, 3.8) is 0 Å². The van der Waals surface area contributed by atoms with E-state index in [-0.39, 0.29) is 58.1 Å². The molecule has 47 heavy (non-hydrogen) atoms. The fraction of sp³-hybridized carbons (Fsp3) is 0.417. The van der Waals surface area contributed by atoms with Crippen LogP contribution >= 0.6 is 0 Å². The molecule has 5 aliphatic rings. The van der Waals surface area contributed by atoms with Crippen molar-refractivity contribution in [3.8, 4) is 28.9 Å². The number of aryl methyl sites for hydroxylation is 1. The topological polar surface area (TPSA) is 95.9 Å². The van der Waals surface area contributed by atoms with Crippen molar-refractivity contribution < 1.29 is 23.4 Å². The minimum atomic E-state index is -0.709. The summed E-state index contributed by atoms with van der Waals surface area (Å²) >= 11 is 0. The lowest BCUT2D eigenvalue weighted by molar-refractivity contribution is 0.108. The van der Waals surface area contributed by atoms with Gasteiger partial charge in [0.1, 0.15) is 47.2 Å². The Hall–Kier alpha value is -4.35. The Balaban J connectivity index is 1.24. The Labute approximate surface area is 270 Å². The zero-order chi connectivity index (χ0) is 32.2. The highest BCUT2D eigenvalue weighted by molar-refractivity contribution is 6.03. The summed E-state index contributed by atoms with van der Waals surface area (Å²) in [7, 11) is 0. The maximum absolute atomic E-state index is 17.1. The highest BCUT2D eigenvalue weighted by atomic mass is 19.1. The van der Waals surface area contributed by atoms with Crippen LogP contribution in [0.4, 0.5) is 14.6 Å². The monoisotopic (exact) mass is 638 g/mol. The second-order valence-electron chi connectivity index (χ2n) is 13.9. The normalized spacial score (nSPS) is 24.5. The Morgan fingerprint density at radius 1 is 1.09 bits per heavy atom. The lowest BCUT2D eigenvalue weighted by Gasteiger charge is -2.40. The van der Waals surface area contributed by atoms with Gasteiger partial charge in [-0.3, -0.25) is 4.90 Å². The van der Waals surface area contributed by atoms with Crippen LogP contribution in [0.5, 0.6) is 17.6 Å². The zero-order valence-corrected chi connectivity index (χ0v) is 26.3. The second kappa shape index (κ2) is 10.3. The van der Waals surface area contributed by atoms with Gasteiger partial charge >= 0.3 is 6.01 Å². The number of rotatable bonds is 5. The molecule has 4 aromatic rings. The van der Waals surface area contributed by atoms with Gasteiger partial charge in [-0.15, -0.1) is 0 Å². The predicted octanol–water partition coefficient (Wildman–Crippen LogP) is 5.43. The molecule has 2 aromatic heterocycles. The number of aromatic nitrogens is 3. The quantitative estimate of drug-likeness (QED) is 0.278. The first-order valence-corrected chi connectivity index (χ1v) is 16.4. The van der Waals surface area contributed by atoms with Crippen LogP contribution in [0.3, 0.4) is 0 Å². The molecule has 11 heteroatoms. The molecular weight excluding hydrogens is 602 g/mol. The summed E-state index contributed by atoms with van der Waals surface area (Å²) in [6.45, 7) is 13.2. The third-order valence-corrected chi connectivity index (χ3v) is 10.8. The number of anilines is 1. The predicted molar refractivity (Wildman–Crippen MR) is 175 cm³/mol. The SMILES string of the molecule is C=C1CN2CC(=C)CC2(COc2nc3c4c(nc(-c5cc(O)cc6ccc(F)c(CC)c56)c(F)c4n2)OC[C@@H]2[C@@H]4CC[C@H](CN32)N4)C1. The van der Waals surface area contributed by atoms with Gasteiger partial charge in [-0.1, -0.05) is 37.3 Å². The molecule has 3 atom stereocenters. The lowest BCUT2D eigenvalue weighted by Crippen LogP contribution is -2.60. The highest BCUT2D eigenvalue weighted by Crippen LogP contribution is 2.46. The van der Waals surface area contributed by atoms with Gasteiger partial charge in [0.05, 0.1) is 11.6 Å². The number of benzene rings is 2. The van der Waals surface area contributed by atoms with Crippen LogP contribution in [0, 0.1) is 11.6 Å². The van der Waals surface area contributed by atoms with Crippen LogP contribution in [0.1, 0.15) is 38.2 Å². The number of halogens is 2. The first-order chi connectivity index (χ1) is 22.7. The number of pyridine rings is 1. The summed E-state index contributed by atoms with van der Waals surface area (Å²) in [5.74, 6) is -0.446. The van der Waals surface area contributed by atoms with E-state index in [0.29, 0.717) is 53.7 Å². The zero-order valence-electron chi connectivity index (χ0n) is 26.3. The molecule has 2 bridgehead atoms. The third kappa shape index (κ3) is 4.35. The first kappa shape index (κ1) is 28.8. The van der Waals surface area contributed by atoms with Gasteiger partial charge in [0, 0.05) is 37.3 Å². The fourth-order valence-electron chi connectivity index (χ4n) is 8.84. The van der Waals surface area contributed by atoms with Crippen LogP contribution in [0.15, 0.2) is 48.6 Å². The van der Waals surface area contributed by atoms with Gasteiger partial charge in [-0.2, -0.15) is 9.97 Å². The van der Waals surface area contributed by atoms with Gasteiger partial charge in [-0.25, -0.2) is 13.8 Å². The molecule has 0 unspecified atom stereocenters. The molecule has 5 aliphatic heterocycles. The van der Waals surface area contributed by atoms with E-state index in [1.165, 1.54) is 12.1 Å². The highest BCUT2D eigenvalue weighted by Gasteiger charge is 2.48. The number of phenols is 1. The van der Waals surface area contributed by atoms with Gasteiger partial charge in [-0.05, 0) is 66.6 Å². The molecule has 4 fully saturated rings. The van der Waals surface area contributed by atoms with Crippen LogP contribution < -0.4 is 19.7 Å². The number of ether oxygens (including phenoxy) is 2. The van der Waals surface area contributed by atoms with Crippen molar-refractivity contribution in [2.24, 2.45) is 0 Å². The standard InChI is InChI=1S/C36H36F2N6O3/c1-4-23-25(37)7-5-20-9-22(45)10-24(28(20)23)31-30(38)32-29-33(44-15-21-6-8-26(39-21)27(44)16-46-34(29)40-31)42-35(41-32)47-17-36-11-18(2)13-43(36)14-19(3)12-36/h5,7,9-10,21,26-27,39,45H,2-4,6,8,11-17H2,1H3/t21-,26+,27-/m1/s1. The van der Waals surface area contributed by atoms with Crippen molar-refractivity contribution in [1.29, 1.82) is 0 Å². The third-order valence-electron chi connectivity index (χ3n) is 10.8. The summed E-state index contributed by atoms with van der Waals surface area (Å²) in [6.07, 6.45) is 3.99. The van der Waals surface area contributed by atoms with Crippen molar-refractivity contribution in [2.75, 3.05) is 37.7 Å². The molecule has 0 saturated carbocycles. The molecule has 0 amide bonds. The second-order valence-corrected chi connectivity index (χ2v) is 13.9. The number of aromatic hydroxyl groups is 1. The van der Waals surface area contributed by atoms with Crippen molar-refractivity contribution in [1.82, 2.24) is 25.2 Å². The molecule has 4 saturated heterocycles. The van der Waals surface area contributed by atoms with Crippen LogP contribution in [0.25, 0.3) is 32.9 Å². The average molecular weight is 639 g/mol. The van der Waals surface area contributed by atoms with Gasteiger partial charge in [0.2, 0.25) is 5.88 Å². The summed E-state index contributed by atoms with van der Waals surface area (Å²) < 4.78 is 45.1. The van der Waals surface area contributed by atoms with Gasteiger partial charge in [0.15, 0.2) is 5.82 Å². The Morgan fingerprint density at radius 3 is 2.68 bits per heavy atom. The molecule has 2 N–H and O–H groups in total. The van der Waals surface area contributed by atoms with E-state index in [1.54, 1.807) is 12.1 Å². The maximum atomic E-state index is 17.1. The van der Waals surface area contributed by atoms with Crippen molar-refractivity contribution in [2.45, 2.75) is 62.7 Å². The summed E-state index contributed by atoms with van der Waals surface area (Å²) in [5, 5.41) is 15.9. The van der Waals surface area contributed by atoms with Gasteiger partial charge < -0.3 is 24.8 Å². The number of piperazine rings is 1. The Morgan fingerprint density at radius 2 is 1.89 bits per heavy atom. The van der Waals surface area contributed by atoms with E-state index in [9.17, 15) is 5.11 Å². The van der Waals surface area contributed by atoms with E-state index in [4.69, 9.17) is 24.4 Å². The average Bonchev–Trinajstić information content (AvgIpc) is 3.64. The molecule has 7 heterocycles. The lowest BCUT2D eigenvalue weighted by atomic mass is 9.92.